The van der Waals surface area contributed by atoms with Gasteiger partial charge in [-0.15, -0.1) is 0 Å². The first-order valence-corrected chi connectivity index (χ1v) is 6.61. The average molecular weight is 268 g/mol. The minimum Gasteiger partial charge on any atom is -0.508 e. The van der Waals surface area contributed by atoms with Crippen molar-refractivity contribution in [3.63, 3.8) is 0 Å². The highest BCUT2D eigenvalue weighted by Gasteiger charge is 2.24. The Labute approximate surface area is 117 Å². The van der Waals surface area contributed by atoms with Crippen LogP contribution in [0.15, 0.2) is 42.5 Å². The molecule has 0 aromatic heterocycles. The summed E-state index contributed by atoms with van der Waals surface area (Å²) in [5.74, 6) is 0.0305. The first-order valence-electron chi connectivity index (χ1n) is 6.61. The van der Waals surface area contributed by atoms with Crippen molar-refractivity contribution in [2.75, 3.05) is 5.73 Å². The molecular formula is C16H16N2O2. The predicted molar refractivity (Wildman–Crippen MR) is 77.5 cm³/mol. The van der Waals surface area contributed by atoms with Gasteiger partial charge in [0.25, 0.3) is 5.91 Å². The SMILES string of the molecule is Nc1ccc2c(c1)CCC2NC(=O)c1ccc(O)cc1. The van der Waals surface area contributed by atoms with Gasteiger partial charge in [0.1, 0.15) is 5.75 Å². The van der Waals surface area contributed by atoms with Crippen molar-refractivity contribution >= 4 is 11.6 Å². The molecule has 0 saturated carbocycles. The van der Waals surface area contributed by atoms with Crippen LogP contribution >= 0.6 is 0 Å². The lowest BCUT2D eigenvalue weighted by atomic mass is 10.1. The van der Waals surface area contributed by atoms with Crippen LogP contribution in [0.2, 0.25) is 0 Å². The highest BCUT2D eigenvalue weighted by Crippen LogP contribution is 2.32. The van der Waals surface area contributed by atoms with Crippen molar-refractivity contribution in [2.45, 2.75) is 18.9 Å². The van der Waals surface area contributed by atoms with Crippen LogP contribution < -0.4 is 11.1 Å². The highest BCUT2D eigenvalue weighted by atomic mass is 16.3. The summed E-state index contributed by atoms with van der Waals surface area (Å²) in [5.41, 5.74) is 9.43. The second-order valence-electron chi connectivity index (χ2n) is 5.07. The Balaban J connectivity index is 1.77. The number of nitrogens with two attached hydrogens (primary N) is 1. The summed E-state index contributed by atoms with van der Waals surface area (Å²) in [6.45, 7) is 0. The van der Waals surface area contributed by atoms with Crippen molar-refractivity contribution in [3.8, 4) is 5.75 Å². The van der Waals surface area contributed by atoms with E-state index in [1.165, 1.54) is 17.7 Å². The smallest absolute Gasteiger partial charge is 0.251 e. The molecule has 0 bridgehead atoms. The largest absolute Gasteiger partial charge is 0.508 e. The van der Waals surface area contributed by atoms with E-state index in [-0.39, 0.29) is 17.7 Å². The lowest BCUT2D eigenvalue weighted by Gasteiger charge is -2.14. The quantitative estimate of drug-likeness (QED) is 0.732. The molecule has 1 amide bonds. The monoisotopic (exact) mass is 268 g/mol. The molecule has 2 aromatic rings. The van der Waals surface area contributed by atoms with Crippen LogP contribution in [-0.2, 0) is 6.42 Å². The van der Waals surface area contributed by atoms with Gasteiger partial charge in [-0.05, 0) is 60.4 Å². The number of benzene rings is 2. The van der Waals surface area contributed by atoms with E-state index in [0.717, 1.165) is 24.1 Å². The number of hydrogen-bond donors (Lipinski definition) is 3. The summed E-state index contributed by atoms with van der Waals surface area (Å²) in [4.78, 5) is 12.2. The summed E-state index contributed by atoms with van der Waals surface area (Å²) in [7, 11) is 0. The van der Waals surface area contributed by atoms with Gasteiger partial charge in [-0.2, -0.15) is 0 Å². The molecule has 0 spiro atoms. The molecule has 1 unspecified atom stereocenters. The third kappa shape index (κ3) is 2.32. The van der Waals surface area contributed by atoms with E-state index in [0.29, 0.717) is 5.56 Å². The summed E-state index contributed by atoms with van der Waals surface area (Å²) in [5, 5.41) is 12.3. The number of nitrogens with one attached hydrogen (secondary N) is 1. The van der Waals surface area contributed by atoms with Gasteiger partial charge in [0.05, 0.1) is 6.04 Å². The Morgan fingerprint density at radius 1 is 1.20 bits per heavy atom. The van der Waals surface area contributed by atoms with E-state index in [9.17, 15) is 9.90 Å². The molecule has 1 aliphatic rings. The van der Waals surface area contributed by atoms with Gasteiger partial charge in [0.2, 0.25) is 0 Å². The molecule has 0 saturated heterocycles. The maximum Gasteiger partial charge on any atom is 0.251 e. The zero-order valence-corrected chi connectivity index (χ0v) is 11.0. The number of anilines is 1. The molecule has 20 heavy (non-hydrogen) atoms. The predicted octanol–water partition coefficient (Wildman–Crippen LogP) is 2.39. The first kappa shape index (κ1) is 12.5. The second kappa shape index (κ2) is 4.89. The molecule has 1 atom stereocenters. The van der Waals surface area contributed by atoms with Gasteiger partial charge in [-0.1, -0.05) is 6.07 Å². The number of fused-ring (bicyclic) bond motifs is 1. The number of rotatable bonds is 2. The fourth-order valence-corrected chi connectivity index (χ4v) is 2.64. The zero-order chi connectivity index (χ0) is 14.1. The van der Waals surface area contributed by atoms with Crippen LogP contribution in [0.25, 0.3) is 0 Å². The molecule has 102 valence electrons. The van der Waals surface area contributed by atoms with E-state index in [1.807, 2.05) is 18.2 Å². The van der Waals surface area contributed by atoms with Crippen molar-refractivity contribution < 1.29 is 9.90 Å². The second-order valence-corrected chi connectivity index (χ2v) is 5.07. The van der Waals surface area contributed by atoms with Crippen LogP contribution in [0.1, 0.15) is 33.9 Å². The molecule has 2 aromatic carbocycles. The van der Waals surface area contributed by atoms with E-state index in [4.69, 9.17) is 5.73 Å². The van der Waals surface area contributed by atoms with Gasteiger partial charge in [-0.3, -0.25) is 4.79 Å². The summed E-state index contributed by atoms with van der Waals surface area (Å²) >= 11 is 0. The van der Waals surface area contributed by atoms with Gasteiger partial charge in [0, 0.05) is 11.3 Å². The lowest BCUT2D eigenvalue weighted by molar-refractivity contribution is 0.0936. The van der Waals surface area contributed by atoms with E-state index in [1.54, 1.807) is 12.1 Å². The maximum atomic E-state index is 12.2. The van der Waals surface area contributed by atoms with Crippen LogP contribution in [0.3, 0.4) is 0 Å². The Morgan fingerprint density at radius 2 is 1.95 bits per heavy atom. The molecular weight excluding hydrogens is 252 g/mol. The van der Waals surface area contributed by atoms with Gasteiger partial charge < -0.3 is 16.2 Å². The van der Waals surface area contributed by atoms with E-state index >= 15 is 0 Å². The number of phenols is 1. The van der Waals surface area contributed by atoms with Crippen LogP contribution in [0.4, 0.5) is 5.69 Å². The topological polar surface area (TPSA) is 75.3 Å². The molecule has 0 aliphatic heterocycles. The molecule has 3 rings (SSSR count). The third-order valence-electron chi connectivity index (χ3n) is 3.68. The normalized spacial score (nSPS) is 16.7. The summed E-state index contributed by atoms with van der Waals surface area (Å²) < 4.78 is 0. The van der Waals surface area contributed by atoms with E-state index in [2.05, 4.69) is 5.32 Å². The summed E-state index contributed by atoms with van der Waals surface area (Å²) in [6.07, 6.45) is 1.82. The molecule has 4 nitrogen and oxygen atoms in total. The molecule has 0 heterocycles. The molecule has 0 fully saturated rings. The van der Waals surface area contributed by atoms with Crippen LogP contribution in [0, 0.1) is 0 Å². The van der Waals surface area contributed by atoms with Crippen molar-refractivity contribution in [1.82, 2.24) is 5.32 Å². The van der Waals surface area contributed by atoms with Gasteiger partial charge in [-0.25, -0.2) is 0 Å². The fraction of sp³-hybridized carbons (Fsp3) is 0.188. The van der Waals surface area contributed by atoms with Gasteiger partial charge in [0.15, 0.2) is 0 Å². The Bertz CT molecular complexity index is 650. The zero-order valence-electron chi connectivity index (χ0n) is 11.0. The molecule has 1 aliphatic carbocycles. The number of carbonyl (C=O) groups is 1. The number of phenolic OH excluding ortho intramolecular Hbond substituents is 1. The standard InChI is InChI=1S/C16H16N2O2/c17-12-4-7-14-11(9-12)3-8-15(14)18-16(20)10-1-5-13(19)6-2-10/h1-2,4-7,9,15,19H,3,8,17H2,(H,18,20). The highest BCUT2D eigenvalue weighted by molar-refractivity contribution is 5.94. The van der Waals surface area contributed by atoms with Crippen molar-refractivity contribution in [3.05, 3.63) is 59.2 Å². The number of amides is 1. The first-order chi connectivity index (χ1) is 9.63. The minimum atomic E-state index is -0.125. The molecule has 0 radical (unpaired) electrons. The Hall–Kier alpha value is -2.49. The summed E-state index contributed by atoms with van der Waals surface area (Å²) in [6, 6.07) is 12.1. The van der Waals surface area contributed by atoms with E-state index < -0.39 is 0 Å². The number of aryl methyl sites for hydroxylation is 1. The Kier molecular flexibility index (Phi) is 3.06. The number of carbonyl (C=O) groups excluding carboxylic acids is 1. The minimum absolute atomic E-state index is 0.0342. The van der Waals surface area contributed by atoms with Crippen LogP contribution in [-0.4, -0.2) is 11.0 Å². The third-order valence-corrected chi connectivity index (χ3v) is 3.68. The lowest BCUT2D eigenvalue weighted by Crippen LogP contribution is -2.27. The maximum absolute atomic E-state index is 12.2. The van der Waals surface area contributed by atoms with Crippen LogP contribution in [0.5, 0.6) is 5.75 Å². The van der Waals surface area contributed by atoms with Crippen molar-refractivity contribution in [2.24, 2.45) is 0 Å². The fourth-order valence-electron chi connectivity index (χ4n) is 2.64. The van der Waals surface area contributed by atoms with Gasteiger partial charge >= 0.3 is 0 Å². The Morgan fingerprint density at radius 3 is 2.70 bits per heavy atom. The number of aromatic hydroxyl groups is 1. The van der Waals surface area contributed by atoms with Crippen molar-refractivity contribution in [1.29, 1.82) is 0 Å². The number of nitrogen functional groups attached to an aromatic ring is 1. The molecule has 4 heteroatoms. The molecule has 4 N–H and O–H groups in total. The average Bonchev–Trinajstić information content (AvgIpc) is 2.81. The number of hydrogen-bond acceptors (Lipinski definition) is 3.